The third-order valence-corrected chi connectivity index (χ3v) is 6.08. The van der Waals surface area contributed by atoms with Crippen LogP contribution in [0.15, 0.2) is 18.2 Å². The molecule has 0 saturated carbocycles. The van der Waals surface area contributed by atoms with E-state index >= 15 is 0 Å². The number of methoxy groups -OCH3 is 1. The summed E-state index contributed by atoms with van der Waals surface area (Å²) >= 11 is 0. The third-order valence-electron chi connectivity index (χ3n) is 6.08. The molecule has 2 aromatic rings. The highest BCUT2D eigenvalue weighted by molar-refractivity contribution is 5.43. The van der Waals surface area contributed by atoms with Crippen LogP contribution in [-0.4, -0.2) is 66.0 Å². The van der Waals surface area contributed by atoms with Crippen LogP contribution in [0.5, 0.6) is 11.5 Å². The van der Waals surface area contributed by atoms with E-state index in [0.29, 0.717) is 24.1 Å². The van der Waals surface area contributed by atoms with E-state index in [9.17, 15) is 5.11 Å². The third kappa shape index (κ3) is 6.64. The van der Waals surface area contributed by atoms with Crippen molar-refractivity contribution in [3.05, 3.63) is 46.5 Å². The first kappa shape index (κ1) is 24.4. The molecule has 0 unspecified atom stereocenters. The molecular weight excluding hydrogens is 404 g/mol. The van der Waals surface area contributed by atoms with E-state index in [-0.39, 0.29) is 6.61 Å². The summed E-state index contributed by atoms with van der Waals surface area (Å²) in [6.07, 6.45) is 3.66. The minimum atomic E-state index is -0.557. The summed E-state index contributed by atoms with van der Waals surface area (Å²) in [5, 5.41) is 13.7. The molecule has 0 bridgehead atoms. The van der Waals surface area contributed by atoms with Crippen molar-refractivity contribution in [2.75, 3.05) is 33.9 Å². The minimum absolute atomic E-state index is 0.227. The number of nitrogens with zero attached hydrogens (tertiary/aromatic N) is 3. The number of likely N-dealkylation sites (N-methyl/N-ethyl adjacent to an activating group) is 1. The summed E-state index contributed by atoms with van der Waals surface area (Å²) in [6, 6.07) is 6.28. The van der Waals surface area contributed by atoms with Crippen LogP contribution >= 0.6 is 0 Å². The Hall–Kier alpha value is -2.22. The molecule has 0 fully saturated rings. The van der Waals surface area contributed by atoms with Gasteiger partial charge in [-0.1, -0.05) is 6.07 Å². The molecule has 3 rings (SSSR count). The Morgan fingerprint density at radius 2 is 2.00 bits per heavy atom. The Bertz CT molecular complexity index is 888. The maximum absolute atomic E-state index is 10.2. The van der Waals surface area contributed by atoms with E-state index in [0.717, 1.165) is 49.4 Å². The van der Waals surface area contributed by atoms with Crippen LogP contribution < -0.4 is 14.8 Å². The molecule has 1 aliphatic carbocycles. The van der Waals surface area contributed by atoms with Crippen molar-refractivity contribution in [1.29, 1.82) is 0 Å². The number of aliphatic hydroxyl groups is 1. The molecule has 0 spiro atoms. The van der Waals surface area contributed by atoms with Gasteiger partial charge in [-0.2, -0.15) is 0 Å². The molecule has 0 saturated heterocycles. The van der Waals surface area contributed by atoms with Crippen LogP contribution in [0, 0.1) is 6.92 Å². The summed E-state index contributed by atoms with van der Waals surface area (Å²) < 4.78 is 11.3. The molecule has 2 N–H and O–H groups in total. The van der Waals surface area contributed by atoms with Crippen LogP contribution in [0.25, 0.3) is 0 Å². The number of rotatable bonds is 12. The van der Waals surface area contributed by atoms with Gasteiger partial charge in [-0.3, -0.25) is 0 Å². The molecule has 1 aromatic heterocycles. The van der Waals surface area contributed by atoms with Crippen LogP contribution in [0.3, 0.4) is 0 Å². The van der Waals surface area contributed by atoms with Gasteiger partial charge < -0.3 is 24.8 Å². The Balaban J connectivity index is 1.47. The van der Waals surface area contributed by atoms with Crippen molar-refractivity contribution in [2.45, 2.75) is 65.1 Å². The number of aromatic nitrogens is 2. The molecule has 1 aromatic carbocycles. The highest BCUT2D eigenvalue weighted by Crippen LogP contribution is 2.28. The zero-order valence-corrected chi connectivity index (χ0v) is 20.1. The van der Waals surface area contributed by atoms with Crippen molar-refractivity contribution in [3.63, 3.8) is 0 Å². The molecular formula is C25H38N4O3. The van der Waals surface area contributed by atoms with Gasteiger partial charge in [-0.25, -0.2) is 9.97 Å². The first-order valence-electron chi connectivity index (χ1n) is 11.6. The molecule has 1 aliphatic rings. The molecule has 7 heteroatoms. The van der Waals surface area contributed by atoms with Crippen molar-refractivity contribution in [1.82, 2.24) is 20.2 Å². The normalized spacial score (nSPS) is 14.1. The van der Waals surface area contributed by atoms with E-state index < -0.39 is 6.10 Å². The molecule has 1 heterocycles. The lowest BCUT2D eigenvalue weighted by Crippen LogP contribution is -2.36. The van der Waals surface area contributed by atoms with Gasteiger partial charge in [0.05, 0.1) is 7.11 Å². The summed E-state index contributed by atoms with van der Waals surface area (Å²) in [7, 11) is 3.63. The van der Waals surface area contributed by atoms with Gasteiger partial charge in [0.1, 0.15) is 18.5 Å². The second kappa shape index (κ2) is 11.6. The van der Waals surface area contributed by atoms with Crippen molar-refractivity contribution in [3.8, 4) is 11.5 Å². The van der Waals surface area contributed by atoms with Crippen molar-refractivity contribution >= 4 is 0 Å². The second-order valence-corrected chi connectivity index (χ2v) is 8.91. The monoisotopic (exact) mass is 442 g/mol. The summed E-state index contributed by atoms with van der Waals surface area (Å²) in [6.45, 7) is 8.63. The molecule has 1 atom stereocenters. The lowest BCUT2D eigenvalue weighted by Gasteiger charge is -2.24. The molecule has 0 amide bonds. The van der Waals surface area contributed by atoms with Crippen molar-refractivity contribution in [2.24, 2.45) is 0 Å². The van der Waals surface area contributed by atoms with Gasteiger partial charge in [0.2, 0.25) is 0 Å². The van der Waals surface area contributed by atoms with Crippen LogP contribution in [0.1, 0.15) is 48.6 Å². The summed E-state index contributed by atoms with van der Waals surface area (Å²) in [5.41, 5.74) is 4.86. The fraction of sp³-hybridized carbons (Fsp3) is 0.600. The minimum Gasteiger partial charge on any atom is -0.493 e. The molecule has 7 nitrogen and oxygen atoms in total. The Labute approximate surface area is 192 Å². The molecule has 0 aliphatic heterocycles. The van der Waals surface area contributed by atoms with E-state index in [1.807, 2.05) is 25.2 Å². The zero-order chi connectivity index (χ0) is 23.1. The van der Waals surface area contributed by atoms with Gasteiger partial charge in [0.15, 0.2) is 11.5 Å². The number of benzene rings is 1. The van der Waals surface area contributed by atoms with Gasteiger partial charge in [-0.15, -0.1) is 0 Å². The summed E-state index contributed by atoms with van der Waals surface area (Å²) in [4.78, 5) is 11.5. The maximum atomic E-state index is 10.2. The van der Waals surface area contributed by atoms with Crippen molar-refractivity contribution < 1.29 is 14.6 Å². The fourth-order valence-corrected chi connectivity index (χ4v) is 3.95. The predicted octanol–water partition coefficient (Wildman–Crippen LogP) is 2.69. The molecule has 32 heavy (non-hydrogen) atoms. The van der Waals surface area contributed by atoms with E-state index in [1.165, 1.54) is 17.7 Å². The largest absolute Gasteiger partial charge is 0.493 e. The van der Waals surface area contributed by atoms with E-state index in [1.54, 1.807) is 7.11 Å². The fourth-order valence-electron chi connectivity index (χ4n) is 3.95. The van der Waals surface area contributed by atoms with Gasteiger partial charge in [0.25, 0.3) is 0 Å². The zero-order valence-electron chi connectivity index (χ0n) is 20.1. The van der Waals surface area contributed by atoms with Gasteiger partial charge in [0, 0.05) is 43.5 Å². The van der Waals surface area contributed by atoms with Crippen LogP contribution in [-0.2, 0) is 25.8 Å². The SMILES string of the molecule is COc1cc(CNCCc2nc(C)c3c(n2)CCC3)ccc1OC[C@H](O)CN(C)C(C)C. The predicted molar refractivity (Wildman–Crippen MR) is 126 cm³/mol. The Morgan fingerprint density at radius 3 is 2.75 bits per heavy atom. The lowest BCUT2D eigenvalue weighted by atomic mass is 10.2. The smallest absolute Gasteiger partial charge is 0.161 e. The maximum Gasteiger partial charge on any atom is 0.161 e. The number of aliphatic hydroxyl groups excluding tert-OH is 1. The van der Waals surface area contributed by atoms with Gasteiger partial charge >= 0.3 is 0 Å². The lowest BCUT2D eigenvalue weighted by molar-refractivity contribution is 0.0668. The first-order valence-corrected chi connectivity index (χ1v) is 11.6. The molecule has 0 radical (unpaired) electrons. The average Bonchev–Trinajstić information content (AvgIpc) is 3.24. The van der Waals surface area contributed by atoms with Gasteiger partial charge in [-0.05, 0) is 70.3 Å². The number of aryl methyl sites for hydroxylation is 2. The topological polar surface area (TPSA) is 79.7 Å². The Kier molecular flexibility index (Phi) is 8.84. The quantitative estimate of drug-likeness (QED) is 0.489. The Morgan fingerprint density at radius 1 is 1.19 bits per heavy atom. The standard InChI is InChI=1S/C25H38N4O3/c1-17(2)29(4)15-20(30)16-32-23-10-9-19(13-24(23)31-5)14-26-12-11-25-27-18(3)21-7-6-8-22(21)28-25/h9-10,13,17,20,26,30H,6-8,11-12,14-16H2,1-5H3/t20-/m1/s1. The number of fused-ring (bicyclic) bond motifs is 1. The number of hydrogen-bond acceptors (Lipinski definition) is 7. The van der Waals surface area contributed by atoms with E-state index in [4.69, 9.17) is 14.5 Å². The number of ether oxygens (including phenoxy) is 2. The number of hydrogen-bond donors (Lipinski definition) is 2. The van der Waals surface area contributed by atoms with E-state index in [2.05, 4.69) is 36.0 Å². The van der Waals surface area contributed by atoms with Crippen LogP contribution in [0.4, 0.5) is 0 Å². The first-order chi connectivity index (χ1) is 15.4. The summed E-state index contributed by atoms with van der Waals surface area (Å²) in [5.74, 6) is 2.24. The van der Waals surface area contributed by atoms with Crippen LogP contribution in [0.2, 0.25) is 0 Å². The number of nitrogens with one attached hydrogen (secondary N) is 1. The molecule has 176 valence electrons. The average molecular weight is 443 g/mol. The highest BCUT2D eigenvalue weighted by atomic mass is 16.5. The second-order valence-electron chi connectivity index (χ2n) is 8.91. The highest BCUT2D eigenvalue weighted by Gasteiger charge is 2.17.